The van der Waals surface area contributed by atoms with E-state index in [0.717, 1.165) is 64.0 Å². The van der Waals surface area contributed by atoms with Gasteiger partial charge in [-0.15, -0.1) is 0 Å². The highest BCUT2D eigenvalue weighted by Gasteiger charge is 2.28. The van der Waals surface area contributed by atoms with E-state index in [-0.39, 0.29) is 28.9 Å². The van der Waals surface area contributed by atoms with E-state index in [2.05, 4.69) is 28.4 Å². The summed E-state index contributed by atoms with van der Waals surface area (Å²) >= 11 is 0. The Morgan fingerprint density at radius 2 is 1.67 bits per heavy atom. The number of likely N-dealkylation sites (tertiary alicyclic amines) is 1. The number of aromatic hydroxyl groups is 2. The standard InChI is InChI=1S/C29H39N3O4/c1-19(2)25-14-26(28(34)15-27(25)33)29(35)32-17-21-4-3-20(13-22(21)18-32)16-31-11-7-24(8-12-31)36-23-5-9-30-10-6-23/h3-4,13-15,19,23-24,30,33-34H,5-12,16-18H2,1-2H3. The number of amides is 1. The van der Waals surface area contributed by atoms with Crippen LogP contribution in [-0.2, 0) is 24.4 Å². The van der Waals surface area contributed by atoms with Gasteiger partial charge in [0.25, 0.3) is 5.91 Å². The second kappa shape index (κ2) is 10.8. The summed E-state index contributed by atoms with van der Waals surface area (Å²) in [5, 5.41) is 23.9. The van der Waals surface area contributed by atoms with Crippen molar-refractivity contribution in [1.82, 2.24) is 15.1 Å². The Hall–Kier alpha value is -2.61. The number of fused-ring (bicyclic) bond motifs is 1. The van der Waals surface area contributed by atoms with E-state index in [4.69, 9.17) is 4.74 Å². The van der Waals surface area contributed by atoms with Gasteiger partial charge in [-0.1, -0.05) is 32.0 Å². The van der Waals surface area contributed by atoms with Crippen LogP contribution in [0.15, 0.2) is 30.3 Å². The molecule has 1 amide bonds. The number of hydrogen-bond donors (Lipinski definition) is 3. The number of carbonyl (C=O) groups excluding carboxylic acids is 1. The van der Waals surface area contributed by atoms with Crippen LogP contribution in [0.5, 0.6) is 11.5 Å². The number of piperidine rings is 2. The van der Waals surface area contributed by atoms with Gasteiger partial charge in [-0.05, 0) is 73.0 Å². The van der Waals surface area contributed by atoms with Gasteiger partial charge in [-0.3, -0.25) is 9.69 Å². The molecule has 0 spiro atoms. The first kappa shape index (κ1) is 25.1. The molecule has 194 valence electrons. The maximum Gasteiger partial charge on any atom is 0.258 e. The zero-order valence-electron chi connectivity index (χ0n) is 21.5. The van der Waals surface area contributed by atoms with E-state index in [9.17, 15) is 15.0 Å². The maximum atomic E-state index is 13.3. The molecule has 0 saturated carbocycles. The molecular weight excluding hydrogens is 454 g/mol. The van der Waals surface area contributed by atoms with Gasteiger partial charge in [0.2, 0.25) is 0 Å². The topological polar surface area (TPSA) is 85.3 Å². The highest BCUT2D eigenvalue weighted by Crippen LogP contribution is 2.34. The van der Waals surface area contributed by atoms with E-state index >= 15 is 0 Å². The normalized spacial score (nSPS) is 19.7. The summed E-state index contributed by atoms with van der Waals surface area (Å²) in [5.41, 5.74) is 4.52. The Morgan fingerprint density at radius 3 is 2.39 bits per heavy atom. The van der Waals surface area contributed by atoms with Gasteiger partial charge in [0, 0.05) is 38.8 Å². The fraction of sp³-hybridized carbons (Fsp3) is 0.552. The molecule has 36 heavy (non-hydrogen) atoms. The second-order valence-corrected chi connectivity index (χ2v) is 10.9. The molecule has 5 rings (SSSR count). The molecule has 0 aromatic heterocycles. The summed E-state index contributed by atoms with van der Waals surface area (Å²) in [7, 11) is 0. The molecule has 3 N–H and O–H groups in total. The quantitative estimate of drug-likeness (QED) is 0.562. The summed E-state index contributed by atoms with van der Waals surface area (Å²) in [6.07, 6.45) is 5.24. The largest absolute Gasteiger partial charge is 0.508 e. The van der Waals surface area contributed by atoms with Crippen LogP contribution in [0.2, 0.25) is 0 Å². The van der Waals surface area contributed by atoms with Crippen molar-refractivity contribution in [2.75, 3.05) is 26.2 Å². The summed E-state index contributed by atoms with van der Waals surface area (Å²) in [4.78, 5) is 17.5. The van der Waals surface area contributed by atoms with Crippen LogP contribution in [0.4, 0.5) is 0 Å². The number of phenolic OH excluding ortho intramolecular Hbond substituents is 2. The number of nitrogens with zero attached hydrogens (tertiary/aromatic N) is 2. The average molecular weight is 494 g/mol. The number of benzene rings is 2. The average Bonchev–Trinajstić information content (AvgIpc) is 3.29. The Balaban J connectivity index is 1.17. The molecule has 7 nitrogen and oxygen atoms in total. The van der Waals surface area contributed by atoms with Gasteiger partial charge in [-0.2, -0.15) is 0 Å². The highest BCUT2D eigenvalue weighted by atomic mass is 16.5. The molecule has 2 fully saturated rings. The predicted octanol–water partition coefficient (Wildman–Crippen LogP) is 4.11. The Morgan fingerprint density at radius 1 is 0.972 bits per heavy atom. The zero-order chi connectivity index (χ0) is 25.2. The molecule has 7 heteroatoms. The van der Waals surface area contributed by atoms with E-state index in [1.807, 2.05) is 13.8 Å². The van der Waals surface area contributed by atoms with Gasteiger partial charge < -0.3 is 25.2 Å². The molecule has 3 aliphatic heterocycles. The highest BCUT2D eigenvalue weighted by molar-refractivity contribution is 5.97. The predicted molar refractivity (Wildman–Crippen MR) is 139 cm³/mol. The third kappa shape index (κ3) is 5.53. The van der Waals surface area contributed by atoms with Gasteiger partial charge in [0.05, 0.1) is 17.8 Å². The van der Waals surface area contributed by atoms with Crippen molar-refractivity contribution in [1.29, 1.82) is 0 Å². The first-order valence-corrected chi connectivity index (χ1v) is 13.4. The summed E-state index contributed by atoms with van der Waals surface area (Å²) in [6, 6.07) is 9.46. The van der Waals surface area contributed by atoms with E-state index < -0.39 is 0 Å². The van der Waals surface area contributed by atoms with Crippen LogP contribution in [-0.4, -0.2) is 64.3 Å². The third-order valence-corrected chi connectivity index (χ3v) is 7.89. The van der Waals surface area contributed by atoms with Crippen molar-refractivity contribution in [2.45, 2.75) is 77.3 Å². The number of phenols is 2. The van der Waals surface area contributed by atoms with Crippen LogP contribution in [0.25, 0.3) is 0 Å². The molecule has 0 unspecified atom stereocenters. The van der Waals surface area contributed by atoms with Crippen LogP contribution >= 0.6 is 0 Å². The molecule has 0 aliphatic carbocycles. The minimum atomic E-state index is -0.206. The lowest BCUT2D eigenvalue weighted by Crippen LogP contribution is -2.40. The van der Waals surface area contributed by atoms with Crippen molar-refractivity contribution < 1.29 is 19.7 Å². The molecule has 2 aromatic carbocycles. The molecule has 3 heterocycles. The molecule has 0 radical (unpaired) electrons. The summed E-state index contributed by atoms with van der Waals surface area (Å²) in [6.45, 7) is 10.1. The lowest BCUT2D eigenvalue weighted by molar-refractivity contribution is -0.0539. The minimum Gasteiger partial charge on any atom is -0.508 e. The molecular formula is C29H39N3O4. The molecule has 3 aliphatic rings. The molecule has 0 atom stereocenters. The smallest absolute Gasteiger partial charge is 0.258 e. The monoisotopic (exact) mass is 493 g/mol. The lowest BCUT2D eigenvalue weighted by atomic mass is 9.98. The number of ether oxygens (including phenoxy) is 1. The van der Waals surface area contributed by atoms with Crippen molar-refractivity contribution in [3.05, 3.63) is 58.1 Å². The molecule has 0 bridgehead atoms. The van der Waals surface area contributed by atoms with Gasteiger partial charge in [0.1, 0.15) is 11.5 Å². The molecule has 2 saturated heterocycles. The number of hydrogen-bond acceptors (Lipinski definition) is 6. The Bertz CT molecular complexity index is 1090. The van der Waals surface area contributed by atoms with E-state index in [1.165, 1.54) is 17.2 Å². The maximum absolute atomic E-state index is 13.3. The van der Waals surface area contributed by atoms with Gasteiger partial charge in [0.15, 0.2) is 0 Å². The van der Waals surface area contributed by atoms with Crippen molar-refractivity contribution in [3.8, 4) is 11.5 Å². The second-order valence-electron chi connectivity index (χ2n) is 10.9. The Labute approximate surface area is 214 Å². The number of nitrogens with one attached hydrogen (secondary N) is 1. The van der Waals surface area contributed by atoms with Crippen LogP contribution in [0.1, 0.15) is 78.1 Å². The van der Waals surface area contributed by atoms with E-state index in [1.54, 1.807) is 11.0 Å². The van der Waals surface area contributed by atoms with Crippen LogP contribution < -0.4 is 5.32 Å². The zero-order valence-corrected chi connectivity index (χ0v) is 21.5. The fourth-order valence-corrected chi connectivity index (χ4v) is 5.75. The van der Waals surface area contributed by atoms with Gasteiger partial charge >= 0.3 is 0 Å². The van der Waals surface area contributed by atoms with Crippen molar-refractivity contribution in [3.63, 3.8) is 0 Å². The number of carbonyl (C=O) groups is 1. The van der Waals surface area contributed by atoms with Crippen LogP contribution in [0.3, 0.4) is 0 Å². The van der Waals surface area contributed by atoms with E-state index in [0.29, 0.717) is 30.9 Å². The van der Waals surface area contributed by atoms with Crippen molar-refractivity contribution >= 4 is 5.91 Å². The fourth-order valence-electron chi connectivity index (χ4n) is 5.75. The summed E-state index contributed by atoms with van der Waals surface area (Å²) < 4.78 is 6.36. The first-order valence-electron chi connectivity index (χ1n) is 13.4. The van der Waals surface area contributed by atoms with Gasteiger partial charge in [-0.25, -0.2) is 0 Å². The van der Waals surface area contributed by atoms with Crippen LogP contribution in [0, 0.1) is 0 Å². The first-order chi connectivity index (χ1) is 17.4. The minimum absolute atomic E-state index is 0.0234. The molecule has 2 aromatic rings. The lowest BCUT2D eigenvalue weighted by Gasteiger charge is -2.35. The van der Waals surface area contributed by atoms with Crippen molar-refractivity contribution in [2.24, 2.45) is 0 Å². The summed E-state index contributed by atoms with van der Waals surface area (Å²) in [5.74, 6) is -0.305. The third-order valence-electron chi connectivity index (χ3n) is 7.89. The Kier molecular flexibility index (Phi) is 7.51. The number of rotatable bonds is 6. The SMILES string of the molecule is CC(C)c1cc(C(=O)N2Cc3ccc(CN4CCC(OC5CCNCC5)CC4)cc3C2)c(O)cc1O.